The molecule has 0 aliphatic rings. The molecule has 4 heteroatoms. The van der Waals surface area contributed by atoms with E-state index in [9.17, 15) is 4.79 Å². The SMILES string of the molecule is CC(=O)CCOc1ccc(Br)cc1Cl. The van der Waals surface area contributed by atoms with E-state index in [1.807, 2.05) is 6.07 Å². The van der Waals surface area contributed by atoms with E-state index < -0.39 is 0 Å². The molecule has 1 aromatic carbocycles. The first-order valence-corrected chi connectivity index (χ1v) is 5.34. The average Bonchev–Trinajstić information content (AvgIpc) is 2.08. The number of hydrogen-bond acceptors (Lipinski definition) is 2. The van der Waals surface area contributed by atoms with Crippen LogP contribution in [0.4, 0.5) is 0 Å². The van der Waals surface area contributed by atoms with Gasteiger partial charge in [-0.05, 0) is 25.1 Å². The lowest BCUT2D eigenvalue weighted by atomic mass is 10.3. The van der Waals surface area contributed by atoms with Gasteiger partial charge in [0.2, 0.25) is 0 Å². The Morgan fingerprint density at radius 2 is 2.29 bits per heavy atom. The fourth-order valence-corrected chi connectivity index (χ4v) is 1.62. The van der Waals surface area contributed by atoms with Crippen molar-refractivity contribution in [1.29, 1.82) is 0 Å². The summed E-state index contributed by atoms with van der Waals surface area (Å²) in [5.41, 5.74) is 0. The zero-order valence-corrected chi connectivity index (χ0v) is 10.1. The van der Waals surface area contributed by atoms with Crippen LogP contribution in [-0.4, -0.2) is 12.4 Å². The molecule has 0 bridgehead atoms. The second-order valence-corrected chi connectivity index (χ2v) is 4.20. The molecule has 0 aliphatic heterocycles. The fraction of sp³-hybridized carbons (Fsp3) is 0.300. The van der Waals surface area contributed by atoms with Gasteiger partial charge in [-0.15, -0.1) is 0 Å². The number of rotatable bonds is 4. The van der Waals surface area contributed by atoms with Crippen LogP contribution in [0.1, 0.15) is 13.3 Å². The Balaban J connectivity index is 2.55. The summed E-state index contributed by atoms with van der Waals surface area (Å²) in [4.78, 5) is 10.7. The Morgan fingerprint density at radius 3 is 2.86 bits per heavy atom. The normalized spacial score (nSPS) is 9.93. The van der Waals surface area contributed by atoms with E-state index in [2.05, 4.69) is 15.9 Å². The van der Waals surface area contributed by atoms with Gasteiger partial charge in [0, 0.05) is 10.9 Å². The monoisotopic (exact) mass is 276 g/mol. The van der Waals surface area contributed by atoms with Crippen LogP contribution in [0.15, 0.2) is 22.7 Å². The van der Waals surface area contributed by atoms with Gasteiger partial charge in [0.1, 0.15) is 11.5 Å². The van der Waals surface area contributed by atoms with Crippen molar-refractivity contribution in [3.8, 4) is 5.75 Å². The number of hydrogen-bond donors (Lipinski definition) is 0. The first-order valence-electron chi connectivity index (χ1n) is 4.17. The second kappa shape index (κ2) is 5.37. The summed E-state index contributed by atoms with van der Waals surface area (Å²) in [6.45, 7) is 1.91. The van der Waals surface area contributed by atoms with E-state index in [1.165, 1.54) is 6.92 Å². The van der Waals surface area contributed by atoms with Crippen LogP contribution >= 0.6 is 27.5 Å². The highest BCUT2D eigenvalue weighted by Crippen LogP contribution is 2.27. The number of halogens is 2. The zero-order valence-electron chi connectivity index (χ0n) is 7.72. The van der Waals surface area contributed by atoms with Gasteiger partial charge in [-0.25, -0.2) is 0 Å². The van der Waals surface area contributed by atoms with Crippen LogP contribution in [-0.2, 0) is 4.79 Å². The number of Topliss-reactive ketones (excluding diaryl/α,β-unsaturated/α-hetero) is 1. The lowest BCUT2D eigenvalue weighted by Crippen LogP contribution is -2.02. The third-order valence-electron chi connectivity index (χ3n) is 1.61. The second-order valence-electron chi connectivity index (χ2n) is 2.88. The van der Waals surface area contributed by atoms with Crippen molar-refractivity contribution in [3.05, 3.63) is 27.7 Å². The van der Waals surface area contributed by atoms with Crippen molar-refractivity contribution in [2.45, 2.75) is 13.3 Å². The molecule has 0 atom stereocenters. The van der Waals surface area contributed by atoms with Gasteiger partial charge < -0.3 is 4.74 Å². The molecule has 0 aromatic heterocycles. The van der Waals surface area contributed by atoms with Crippen molar-refractivity contribution >= 4 is 33.3 Å². The van der Waals surface area contributed by atoms with E-state index in [1.54, 1.807) is 12.1 Å². The highest BCUT2D eigenvalue weighted by molar-refractivity contribution is 9.10. The van der Waals surface area contributed by atoms with Crippen LogP contribution in [0.5, 0.6) is 5.75 Å². The van der Waals surface area contributed by atoms with E-state index in [0.717, 1.165) is 4.47 Å². The van der Waals surface area contributed by atoms with Crippen LogP contribution in [0.3, 0.4) is 0 Å². The van der Waals surface area contributed by atoms with E-state index in [0.29, 0.717) is 23.8 Å². The molecule has 0 N–H and O–H groups in total. The summed E-state index contributed by atoms with van der Waals surface area (Å²) in [6, 6.07) is 5.37. The first kappa shape index (κ1) is 11.5. The Labute approximate surface area is 96.3 Å². The molecule has 0 saturated carbocycles. The van der Waals surface area contributed by atoms with Crippen molar-refractivity contribution in [3.63, 3.8) is 0 Å². The van der Waals surface area contributed by atoms with E-state index in [4.69, 9.17) is 16.3 Å². The minimum absolute atomic E-state index is 0.109. The predicted octanol–water partition coefficient (Wildman–Crippen LogP) is 3.46. The van der Waals surface area contributed by atoms with E-state index in [-0.39, 0.29) is 5.78 Å². The number of carbonyl (C=O) groups excluding carboxylic acids is 1. The molecule has 76 valence electrons. The van der Waals surface area contributed by atoms with Gasteiger partial charge in [-0.1, -0.05) is 27.5 Å². The quantitative estimate of drug-likeness (QED) is 0.842. The van der Waals surface area contributed by atoms with Crippen molar-refractivity contribution in [2.24, 2.45) is 0 Å². The van der Waals surface area contributed by atoms with Gasteiger partial charge in [0.15, 0.2) is 0 Å². The van der Waals surface area contributed by atoms with Crippen molar-refractivity contribution in [1.82, 2.24) is 0 Å². The molecule has 1 aromatic rings. The van der Waals surface area contributed by atoms with Crippen LogP contribution in [0.25, 0.3) is 0 Å². The maximum Gasteiger partial charge on any atom is 0.137 e. The maximum absolute atomic E-state index is 10.7. The predicted molar refractivity (Wildman–Crippen MR) is 59.9 cm³/mol. The Bertz CT molecular complexity index is 339. The highest BCUT2D eigenvalue weighted by atomic mass is 79.9. The summed E-state index contributed by atoms with van der Waals surface area (Å²) in [6.07, 6.45) is 0.409. The first-order chi connectivity index (χ1) is 6.59. The smallest absolute Gasteiger partial charge is 0.137 e. The average molecular weight is 278 g/mol. The molecule has 1 rings (SSSR count). The molecule has 0 saturated heterocycles. The third kappa shape index (κ3) is 3.68. The van der Waals surface area contributed by atoms with Gasteiger partial charge in [-0.3, -0.25) is 4.79 Å². The van der Waals surface area contributed by atoms with Gasteiger partial charge >= 0.3 is 0 Å². The minimum atomic E-state index is 0.109. The minimum Gasteiger partial charge on any atom is -0.492 e. The number of carbonyl (C=O) groups is 1. The van der Waals surface area contributed by atoms with Crippen molar-refractivity contribution in [2.75, 3.05) is 6.61 Å². The Kier molecular flexibility index (Phi) is 4.42. The molecule has 0 aliphatic carbocycles. The summed E-state index contributed by atoms with van der Waals surface area (Å²) < 4.78 is 6.23. The molecule has 2 nitrogen and oxygen atoms in total. The van der Waals surface area contributed by atoms with Gasteiger partial charge in [0.05, 0.1) is 11.6 Å². The largest absolute Gasteiger partial charge is 0.492 e. The highest BCUT2D eigenvalue weighted by Gasteiger charge is 2.02. The zero-order chi connectivity index (χ0) is 10.6. The molecule has 0 heterocycles. The molecule has 0 spiro atoms. The topological polar surface area (TPSA) is 26.3 Å². The van der Waals surface area contributed by atoms with Crippen LogP contribution in [0, 0.1) is 0 Å². The summed E-state index contributed by atoms with van der Waals surface area (Å²) >= 11 is 9.20. The summed E-state index contributed by atoms with van der Waals surface area (Å²) in [5, 5.41) is 0.544. The summed E-state index contributed by atoms with van der Waals surface area (Å²) in [7, 11) is 0. The summed E-state index contributed by atoms with van der Waals surface area (Å²) in [5.74, 6) is 0.717. The van der Waals surface area contributed by atoms with Crippen LogP contribution < -0.4 is 4.74 Å². The molecule has 0 unspecified atom stereocenters. The van der Waals surface area contributed by atoms with Gasteiger partial charge in [-0.2, -0.15) is 0 Å². The van der Waals surface area contributed by atoms with Crippen molar-refractivity contribution < 1.29 is 9.53 Å². The molecule has 14 heavy (non-hydrogen) atoms. The molecule has 0 amide bonds. The third-order valence-corrected chi connectivity index (χ3v) is 2.39. The molecule has 0 radical (unpaired) electrons. The fourth-order valence-electron chi connectivity index (χ4n) is 0.897. The Morgan fingerprint density at radius 1 is 1.57 bits per heavy atom. The van der Waals surface area contributed by atoms with E-state index >= 15 is 0 Å². The standard InChI is InChI=1S/C10H10BrClO2/c1-7(13)4-5-14-10-3-2-8(11)6-9(10)12/h2-3,6H,4-5H2,1H3. The van der Waals surface area contributed by atoms with Crippen LogP contribution in [0.2, 0.25) is 5.02 Å². The number of ketones is 1. The Hall–Kier alpha value is -0.540. The lowest BCUT2D eigenvalue weighted by molar-refractivity contribution is -0.117. The lowest BCUT2D eigenvalue weighted by Gasteiger charge is -2.06. The molecular weight excluding hydrogens is 267 g/mol. The molecular formula is C10H10BrClO2. The number of ether oxygens (including phenoxy) is 1. The maximum atomic E-state index is 10.7. The number of benzene rings is 1. The van der Waals surface area contributed by atoms with Gasteiger partial charge in [0.25, 0.3) is 0 Å². The molecule has 0 fully saturated rings.